The van der Waals surface area contributed by atoms with E-state index in [2.05, 4.69) is 76.9 Å². The molecule has 2 bridgehead atoms. The molecule has 33 heavy (non-hydrogen) atoms. The van der Waals surface area contributed by atoms with Gasteiger partial charge in [-0.25, -0.2) is 0 Å². The summed E-state index contributed by atoms with van der Waals surface area (Å²) in [5.74, 6) is 2.83. The lowest BCUT2D eigenvalue weighted by atomic mass is 9.70. The minimum absolute atomic E-state index is 0.237. The Balaban J connectivity index is 1.53. The largest absolute Gasteiger partial charge is 0.496 e. The molecule has 3 unspecified atom stereocenters. The van der Waals surface area contributed by atoms with Crippen molar-refractivity contribution in [1.82, 2.24) is 10.2 Å². The second kappa shape index (κ2) is 9.98. The van der Waals surface area contributed by atoms with Crippen LogP contribution in [0.5, 0.6) is 11.5 Å². The van der Waals surface area contributed by atoms with E-state index in [9.17, 15) is 0 Å². The van der Waals surface area contributed by atoms with Crippen LogP contribution in [0.15, 0.2) is 78.9 Å². The van der Waals surface area contributed by atoms with Gasteiger partial charge in [0.05, 0.1) is 14.2 Å². The molecule has 3 saturated heterocycles. The van der Waals surface area contributed by atoms with Crippen LogP contribution in [0, 0.1) is 5.92 Å². The van der Waals surface area contributed by atoms with Crippen LogP contribution in [0.1, 0.15) is 35.4 Å². The zero-order valence-corrected chi connectivity index (χ0v) is 19.6. The van der Waals surface area contributed by atoms with E-state index in [1.807, 2.05) is 12.1 Å². The highest BCUT2D eigenvalue weighted by Crippen LogP contribution is 2.44. The molecule has 0 spiro atoms. The van der Waals surface area contributed by atoms with Crippen molar-refractivity contribution in [1.29, 1.82) is 0 Å². The summed E-state index contributed by atoms with van der Waals surface area (Å²) in [5, 5.41) is 3.99. The summed E-state index contributed by atoms with van der Waals surface area (Å²) < 4.78 is 11.5. The molecule has 0 saturated carbocycles. The molecule has 0 aliphatic carbocycles. The Bertz CT molecular complexity index is 1050. The van der Waals surface area contributed by atoms with Crippen molar-refractivity contribution in [3.05, 3.63) is 95.6 Å². The van der Waals surface area contributed by atoms with Gasteiger partial charge in [-0.2, -0.15) is 0 Å². The highest BCUT2D eigenvalue weighted by Gasteiger charge is 2.46. The van der Waals surface area contributed by atoms with Crippen LogP contribution >= 0.6 is 0 Å². The standard InChI is InChI=1S/C29H34N2O2/c1-32-25-14-8-6-12-23(25)20-30-28-22-16-18-31(19-17-22)29(28)27(21-10-4-3-5-11-21)24-13-7-9-15-26(24)33-2/h3-15,22,27-30H,16-20H2,1-2H3. The predicted molar refractivity (Wildman–Crippen MR) is 133 cm³/mol. The maximum absolute atomic E-state index is 5.86. The lowest BCUT2D eigenvalue weighted by Gasteiger charge is -2.54. The van der Waals surface area contributed by atoms with Crippen molar-refractivity contribution < 1.29 is 9.47 Å². The molecule has 6 rings (SSSR count). The Morgan fingerprint density at radius 2 is 1.45 bits per heavy atom. The summed E-state index contributed by atoms with van der Waals surface area (Å²) in [7, 11) is 3.54. The summed E-state index contributed by atoms with van der Waals surface area (Å²) in [6.07, 6.45) is 2.51. The van der Waals surface area contributed by atoms with E-state index in [0.29, 0.717) is 18.0 Å². The molecule has 4 heteroatoms. The van der Waals surface area contributed by atoms with Gasteiger partial charge in [0.2, 0.25) is 0 Å². The van der Waals surface area contributed by atoms with Crippen LogP contribution in [-0.2, 0) is 6.54 Å². The summed E-state index contributed by atoms with van der Waals surface area (Å²) >= 11 is 0. The SMILES string of the molecule is COc1ccccc1CNC1C2CCN(CC2)C1C(c1ccccc1)c1ccccc1OC. The van der Waals surface area contributed by atoms with Gasteiger partial charge in [-0.1, -0.05) is 66.7 Å². The molecule has 3 aromatic rings. The summed E-state index contributed by atoms with van der Waals surface area (Å²) in [4.78, 5) is 2.71. The molecule has 0 radical (unpaired) electrons. The van der Waals surface area contributed by atoms with Gasteiger partial charge in [0.1, 0.15) is 11.5 Å². The Labute approximate surface area is 197 Å². The van der Waals surface area contributed by atoms with Gasteiger partial charge >= 0.3 is 0 Å². The number of hydrogen-bond donors (Lipinski definition) is 1. The van der Waals surface area contributed by atoms with Gasteiger partial charge in [0, 0.05) is 35.7 Å². The van der Waals surface area contributed by atoms with E-state index < -0.39 is 0 Å². The summed E-state index contributed by atoms with van der Waals surface area (Å²) in [5.41, 5.74) is 3.83. The fraction of sp³-hybridized carbons (Fsp3) is 0.379. The van der Waals surface area contributed by atoms with Crippen molar-refractivity contribution in [3.8, 4) is 11.5 Å². The number of fused-ring (bicyclic) bond motifs is 3. The third-order valence-electron chi connectivity index (χ3n) is 7.57. The van der Waals surface area contributed by atoms with Crippen LogP contribution in [-0.4, -0.2) is 44.3 Å². The molecular weight excluding hydrogens is 408 g/mol. The van der Waals surface area contributed by atoms with Gasteiger partial charge in [0.15, 0.2) is 0 Å². The topological polar surface area (TPSA) is 33.7 Å². The Morgan fingerprint density at radius 1 is 0.818 bits per heavy atom. The number of hydrogen-bond acceptors (Lipinski definition) is 4. The number of benzene rings is 3. The number of para-hydroxylation sites is 2. The quantitative estimate of drug-likeness (QED) is 0.527. The third-order valence-corrected chi connectivity index (χ3v) is 7.57. The molecule has 3 aliphatic rings. The Morgan fingerprint density at radius 3 is 2.18 bits per heavy atom. The van der Waals surface area contributed by atoms with Crippen LogP contribution in [0.4, 0.5) is 0 Å². The summed E-state index contributed by atoms with van der Waals surface area (Å²) in [6.45, 7) is 3.14. The zero-order valence-electron chi connectivity index (χ0n) is 19.6. The maximum atomic E-state index is 5.86. The average molecular weight is 443 g/mol. The highest BCUT2D eigenvalue weighted by atomic mass is 16.5. The van der Waals surface area contributed by atoms with Crippen molar-refractivity contribution in [2.24, 2.45) is 5.92 Å². The van der Waals surface area contributed by atoms with E-state index in [0.717, 1.165) is 18.0 Å². The Kier molecular flexibility index (Phi) is 6.65. The van der Waals surface area contributed by atoms with Crippen molar-refractivity contribution in [3.63, 3.8) is 0 Å². The third kappa shape index (κ3) is 4.38. The summed E-state index contributed by atoms with van der Waals surface area (Å²) in [6, 6.07) is 28.6. The lowest BCUT2D eigenvalue weighted by Crippen LogP contribution is -2.64. The molecule has 3 aliphatic heterocycles. The average Bonchev–Trinajstić information content (AvgIpc) is 2.90. The maximum Gasteiger partial charge on any atom is 0.123 e. The van der Waals surface area contributed by atoms with Gasteiger partial charge in [0.25, 0.3) is 0 Å². The first-order valence-electron chi connectivity index (χ1n) is 12.1. The Hall–Kier alpha value is -2.82. The molecule has 4 nitrogen and oxygen atoms in total. The molecular formula is C29H34N2O2. The van der Waals surface area contributed by atoms with E-state index >= 15 is 0 Å². The molecule has 3 fully saturated rings. The van der Waals surface area contributed by atoms with Gasteiger partial charge < -0.3 is 14.8 Å². The van der Waals surface area contributed by atoms with Gasteiger partial charge in [-0.15, -0.1) is 0 Å². The first-order valence-corrected chi connectivity index (χ1v) is 12.1. The second-order valence-electron chi connectivity index (χ2n) is 9.21. The van der Waals surface area contributed by atoms with E-state index in [1.54, 1.807) is 14.2 Å². The first kappa shape index (κ1) is 22.0. The monoisotopic (exact) mass is 442 g/mol. The number of ether oxygens (including phenoxy) is 2. The van der Waals surface area contributed by atoms with Gasteiger partial charge in [-0.05, 0) is 49.5 Å². The molecule has 0 aromatic heterocycles. The molecule has 3 atom stereocenters. The van der Waals surface area contributed by atoms with E-state index in [1.165, 1.54) is 42.6 Å². The molecule has 172 valence electrons. The number of methoxy groups -OCH3 is 2. The smallest absolute Gasteiger partial charge is 0.123 e. The minimum Gasteiger partial charge on any atom is -0.496 e. The normalized spacial score (nSPS) is 24.9. The first-order chi connectivity index (χ1) is 16.3. The highest BCUT2D eigenvalue weighted by molar-refractivity contribution is 5.44. The number of nitrogens with zero attached hydrogens (tertiary/aromatic N) is 1. The van der Waals surface area contributed by atoms with Crippen molar-refractivity contribution >= 4 is 0 Å². The fourth-order valence-corrected chi connectivity index (χ4v) is 6.01. The van der Waals surface area contributed by atoms with E-state index in [-0.39, 0.29) is 5.92 Å². The van der Waals surface area contributed by atoms with Crippen LogP contribution in [0.2, 0.25) is 0 Å². The minimum atomic E-state index is 0.237. The molecule has 3 aromatic carbocycles. The van der Waals surface area contributed by atoms with Gasteiger partial charge in [-0.3, -0.25) is 4.90 Å². The second-order valence-corrected chi connectivity index (χ2v) is 9.21. The number of piperidine rings is 3. The predicted octanol–water partition coefficient (Wildman–Crippen LogP) is 5.09. The fourth-order valence-electron chi connectivity index (χ4n) is 6.01. The van der Waals surface area contributed by atoms with Crippen molar-refractivity contribution in [2.45, 2.75) is 37.4 Å². The van der Waals surface area contributed by atoms with E-state index in [4.69, 9.17) is 9.47 Å². The number of rotatable bonds is 8. The molecule has 1 N–H and O–H groups in total. The number of nitrogens with one attached hydrogen (secondary N) is 1. The van der Waals surface area contributed by atoms with Crippen molar-refractivity contribution in [2.75, 3.05) is 27.3 Å². The lowest BCUT2D eigenvalue weighted by molar-refractivity contribution is 0.00435. The van der Waals surface area contributed by atoms with Crippen LogP contribution in [0.25, 0.3) is 0 Å². The molecule has 0 amide bonds. The zero-order chi connectivity index (χ0) is 22.6. The van der Waals surface area contributed by atoms with Crippen LogP contribution < -0.4 is 14.8 Å². The molecule has 3 heterocycles. The van der Waals surface area contributed by atoms with Crippen LogP contribution in [0.3, 0.4) is 0 Å².